The van der Waals surface area contributed by atoms with Gasteiger partial charge in [-0.3, -0.25) is 19.5 Å². The normalized spacial score (nSPS) is 25.8. The van der Waals surface area contributed by atoms with Gasteiger partial charge in [-0.05, 0) is 38.1 Å². The van der Waals surface area contributed by atoms with Gasteiger partial charge in [0.15, 0.2) is 0 Å². The Morgan fingerprint density at radius 1 is 1.23 bits per heavy atom. The van der Waals surface area contributed by atoms with Gasteiger partial charge in [-0.25, -0.2) is 0 Å². The zero-order valence-corrected chi connectivity index (χ0v) is 14.9. The quantitative estimate of drug-likeness (QED) is 0.861. The van der Waals surface area contributed by atoms with E-state index in [-0.39, 0.29) is 18.4 Å². The first-order valence-corrected chi connectivity index (χ1v) is 8.62. The van der Waals surface area contributed by atoms with E-state index >= 15 is 0 Å². The molecule has 1 aromatic heterocycles. The summed E-state index contributed by atoms with van der Waals surface area (Å²) in [5.41, 5.74) is 0.621. The van der Waals surface area contributed by atoms with Gasteiger partial charge in [-0.1, -0.05) is 36.4 Å². The smallest absolute Gasteiger partial charge is 0.323 e. The molecule has 0 aliphatic carbocycles. The van der Waals surface area contributed by atoms with E-state index in [9.17, 15) is 14.7 Å². The molecule has 1 aliphatic heterocycles. The second-order valence-electron chi connectivity index (χ2n) is 6.89. The van der Waals surface area contributed by atoms with Crippen LogP contribution in [0.4, 0.5) is 0 Å². The Balaban J connectivity index is 1.84. The number of benzene rings is 1. The van der Waals surface area contributed by atoms with E-state index in [1.807, 2.05) is 48.5 Å². The number of carbonyl (C=O) groups excluding carboxylic acids is 1. The number of hydrogen-bond acceptors (Lipinski definition) is 4. The van der Waals surface area contributed by atoms with Gasteiger partial charge in [-0.2, -0.15) is 0 Å². The third kappa shape index (κ3) is 3.32. The van der Waals surface area contributed by atoms with E-state index in [0.29, 0.717) is 6.54 Å². The van der Waals surface area contributed by atoms with E-state index in [0.717, 1.165) is 11.3 Å². The molecule has 2 N–H and O–H groups in total. The first-order chi connectivity index (χ1) is 12.4. The van der Waals surface area contributed by atoms with Gasteiger partial charge in [0.1, 0.15) is 5.54 Å². The van der Waals surface area contributed by atoms with Crippen LogP contribution in [-0.4, -0.2) is 39.5 Å². The average molecular weight is 353 g/mol. The molecule has 0 spiro atoms. The zero-order valence-electron chi connectivity index (χ0n) is 14.9. The molecular formula is C20H23N3O3. The van der Waals surface area contributed by atoms with Crippen molar-refractivity contribution < 1.29 is 14.7 Å². The maximum absolute atomic E-state index is 12.9. The number of rotatable bonds is 5. The summed E-state index contributed by atoms with van der Waals surface area (Å²) in [5, 5.41) is 12.6. The molecule has 0 radical (unpaired) electrons. The van der Waals surface area contributed by atoms with Crippen molar-refractivity contribution in [3.05, 3.63) is 66.0 Å². The van der Waals surface area contributed by atoms with Crippen LogP contribution in [-0.2, 0) is 16.1 Å². The van der Waals surface area contributed by atoms with Crippen molar-refractivity contribution in [2.24, 2.45) is 5.92 Å². The Morgan fingerprint density at radius 2 is 1.92 bits per heavy atom. The lowest BCUT2D eigenvalue weighted by molar-refractivity contribution is -0.148. The van der Waals surface area contributed by atoms with Crippen LogP contribution in [0.15, 0.2) is 54.7 Å². The van der Waals surface area contributed by atoms with Crippen LogP contribution >= 0.6 is 0 Å². The van der Waals surface area contributed by atoms with Crippen molar-refractivity contribution in [1.82, 2.24) is 15.2 Å². The number of aliphatic carboxylic acids is 1. The number of carboxylic acids is 1. The largest absolute Gasteiger partial charge is 0.480 e. The number of hydrogen-bond donors (Lipinski definition) is 2. The van der Waals surface area contributed by atoms with Crippen molar-refractivity contribution in [2.75, 3.05) is 7.05 Å². The summed E-state index contributed by atoms with van der Waals surface area (Å²) in [7, 11) is 1.78. The van der Waals surface area contributed by atoms with Crippen molar-refractivity contribution in [1.29, 1.82) is 0 Å². The average Bonchev–Trinajstić information content (AvgIpc) is 2.94. The summed E-state index contributed by atoms with van der Waals surface area (Å²) in [6.07, 6.45) is 1.94. The molecule has 0 bridgehead atoms. The van der Waals surface area contributed by atoms with Crippen molar-refractivity contribution in [3.8, 4) is 0 Å². The summed E-state index contributed by atoms with van der Waals surface area (Å²) in [4.78, 5) is 30.8. The fourth-order valence-corrected chi connectivity index (χ4v) is 3.65. The van der Waals surface area contributed by atoms with Crippen LogP contribution in [0.2, 0.25) is 0 Å². The fourth-order valence-electron chi connectivity index (χ4n) is 3.65. The Labute approximate surface area is 152 Å². The molecule has 6 nitrogen and oxygen atoms in total. The summed E-state index contributed by atoms with van der Waals surface area (Å²) >= 11 is 0. The molecule has 6 heteroatoms. The van der Waals surface area contributed by atoms with E-state index in [1.54, 1.807) is 25.1 Å². The van der Waals surface area contributed by atoms with Gasteiger partial charge < -0.3 is 10.4 Å². The highest BCUT2D eigenvalue weighted by molar-refractivity contribution is 5.85. The topological polar surface area (TPSA) is 82.5 Å². The monoisotopic (exact) mass is 353 g/mol. The molecule has 136 valence electrons. The van der Waals surface area contributed by atoms with E-state index in [4.69, 9.17) is 0 Å². The highest BCUT2D eigenvalue weighted by Gasteiger charge is 2.54. The number of nitrogens with zero attached hydrogens (tertiary/aromatic N) is 2. The van der Waals surface area contributed by atoms with E-state index < -0.39 is 17.4 Å². The maximum atomic E-state index is 12.9. The number of likely N-dealkylation sites (N-methyl/N-ethyl adjacent to an activating group) is 1. The molecule has 0 unspecified atom stereocenters. The molecule has 2 heterocycles. The minimum absolute atomic E-state index is 0.152. The lowest BCUT2D eigenvalue weighted by atomic mass is 9.89. The van der Waals surface area contributed by atoms with Crippen LogP contribution in [0.5, 0.6) is 0 Å². The Morgan fingerprint density at radius 3 is 2.54 bits per heavy atom. The summed E-state index contributed by atoms with van der Waals surface area (Å²) in [6, 6.07) is 14.8. The predicted molar refractivity (Wildman–Crippen MR) is 97.2 cm³/mol. The Kier molecular flexibility index (Phi) is 5.04. The van der Waals surface area contributed by atoms with Crippen LogP contribution < -0.4 is 5.32 Å². The third-order valence-electron chi connectivity index (χ3n) is 5.30. The summed E-state index contributed by atoms with van der Waals surface area (Å²) < 4.78 is 0. The molecule has 1 aromatic carbocycles. The van der Waals surface area contributed by atoms with Crippen LogP contribution in [0.1, 0.15) is 30.6 Å². The number of pyridine rings is 1. The highest BCUT2D eigenvalue weighted by atomic mass is 16.4. The number of nitrogens with one attached hydrogen (secondary N) is 1. The van der Waals surface area contributed by atoms with Crippen LogP contribution in [0.3, 0.4) is 0 Å². The summed E-state index contributed by atoms with van der Waals surface area (Å²) in [6.45, 7) is 2.00. The van der Waals surface area contributed by atoms with Crippen molar-refractivity contribution in [3.63, 3.8) is 0 Å². The lowest BCUT2D eigenvalue weighted by Gasteiger charge is -2.32. The minimum atomic E-state index is -1.09. The van der Waals surface area contributed by atoms with Gasteiger partial charge in [0, 0.05) is 12.2 Å². The standard InChI is InChI=1S/C20H23N3O3/c1-20(19(25)26)12-16(17(23(20)2)14-8-4-3-5-9-14)18(24)22-13-15-10-6-7-11-21-15/h3-11,16-17H,12-13H2,1-2H3,(H,22,24)(H,25,26)/t16-,17-,20-/m0/s1. The molecule has 3 atom stereocenters. The molecule has 1 fully saturated rings. The lowest BCUT2D eigenvalue weighted by Crippen LogP contribution is -2.46. The van der Waals surface area contributed by atoms with Crippen molar-refractivity contribution >= 4 is 11.9 Å². The highest BCUT2D eigenvalue weighted by Crippen LogP contribution is 2.45. The zero-order chi connectivity index (χ0) is 18.7. The summed E-state index contributed by atoms with van der Waals surface area (Å²) in [5.74, 6) is -1.52. The number of aromatic nitrogens is 1. The second kappa shape index (κ2) is 7.25. The van der Waals surface area contributed by atoms with Gasteiger partial charge in [0.25, 0.3) is 0 Å². The molecule has 3 rings (SSSR count). The molecule has 1 amide bonds. The predicted octanol–water partition coefficient (Wildman–Crippen LogP) is 2.23. The number of carbonyl (C=O) groups is 2. The fraction of sp³-hybridized carbons (Fsp3) is 0.350. The number of amides is 1. The van der Waals surface area contributed by atoms with Crippen LogP contribution in [0.25, 0.3) is 0 Å². The molecular weight excluding hydrogens is 330 g/mol. The second-order valence-corrected chi connectivity index (χ2v) is 6.89. The number of carboxylic acid groups (broad SMARTS) is 1. The van der Waals surface area contributed by atoms with Gasteiger partial charge >= 0.3 is 5.97 Å². The van der Waals surface area contributed by atoms with E-state index in [1.165, 1.54) is 0 Å². The third-order valence-corrected chi connectivity index (χ3v) is 5.30. The first kappa shape index (κ1) is 18.1. The van der Waals surface area contributed by atoms with E-state index in [2.05, 4.69) is 10.3 Å². The first-order valence-electron chi connectivity index (χ1n) is 8.62. The maximum Gasteiger partial charge on any atom is 0.323 e. The Bertz CT molecular complexity index is 781. The molecule has 0 saturated carbocycles. The van der Waals surface area contributed by atoms with Gasteiger partial charge in [-0.15, -0.1) is 0 Å². The molecule has 1 saturated heterocycles. The Hall–Kier alpha value is -2.73. The van der Waals surface area contributed by atoms with Crippen molar-refractivity contribution in [2.45, 2.75) is 31.5 Å². The number of likely N-dealkylation sites (tertiary alicyclic amines) is 1. The van der Waals surface area contributed by atoms with Gasteiger partial charge in [0.2, 0.25) is 5.91 Å². The van der Waals surface area contributed by atoms with Crippen LogP contribution in [0, 0.1) is 5.92 Å². The molecule has 2 aromatic rings. The molecule has 1 aliphatic rings. The van der Waals surface area contributed by atoms with Gasteiger partial charge in [0.05, 0.1) is 18.2 Å². The molecule has 26 heavy (non-hydrogen) atoms. The SMILES string of the molecule is CN1[C@@H](c2ccccc2)[C@@H](C(=O)NCc2ccccn2)C[C@@]1(C)C(=O)O. The minimum Gasteiger partial charge on any atom is -0.480 e.